The molecule has 56 heavy (non-hydrogen) atoms. The van der Waals surface area contributed by atoms with Gasteiger partial charge in [-0.3, -0.25) is 29.4 Å². The third-order valence-electron chi connectivity index (χ3n) is 13.0. The number of hydrogen-bond donors (Lipinski definition) is 5. The number of aromatic nitrogens is 2. The lowest BCUT2D eigenvalue weighted by atomic mass is 9.78. The SMILES string of the molecule is CN1CCC[C@@H]1c1cc2cnc(NC(=O)c3ccc(N4CCNC[C@@]4(C)CC4CCNC(c5cccc6c5CN([C@H]5CCC(=O)NC5=O)C6=O)C4)cc3)cc2[nH]1. The zero-order valence-electron chi connectivity index (χ0n) is 32.2. The first-order chi connectivity index (χ1) is 27.1. The van der Waals surface area contributed by atoms with Crippen LogP contribution in [0.15, 0.2) is 60.8 Å². The number of imide groups is 1. The van der Waals surface area contributed by atoms with E-state index in [0.717, 1.165) is 86.1 Å². The molecule has 4 saturated heterocycles. The highest BCUT2D eigenvalue weighted by molar-refractivity contribution is 6.06. The number of H-pyrrole nitrogens is 1. The maximum atomic E-state index is 13.5. The Hall–Kier alpha value is -5.11. The van der Waals surface area contributed by atoms with Gasteiger partial charge in [0.25, 0.3) is 11.8 Å². The molecule has 2 aromatic heterocycles. The second-order valence-corrected chi connectivity index (χ2v) is 16.7. The summed E-state index contributed by atoms with van der Waals surface area (Å²) in [4.78, 5) is 66.0. The van der Waals surface area contributed by atoms with E-state index in [-0.39, 0.29) is 41.6 Å². The summed E-state index contributed by atoms with van der Waals surface area (Å²) in [7, 11) is 2.16. The third kappa shape index (κ3) is 6.86. The molecule has 5 atom stereocenters. The first kappa shape index (κ1) is 36.5. The highest BCUT2D eigenvalue weighted by Gasteiger charge is 2.42. The van der Waals surface area contributed by atoms with E-state index in [1.165, 1.54) is 12.1 Å². The van der Waals surface area contributed by atoms with Crippen LogP contribution < -0.4 is 26.2 Å². The van der Waals surface area contributed by atoms with Crippen molar-refractivity contribution in [3.63, 3.8) is 0 Å². The quantitative estimate of drug-likeness (QED) is 0.162. The molecule has 2 unspecified atom stereocenters. The third-order valence-corrected chi connectivity index (χ3v) is 13.0. The lowest BCUT2D eigenvalue weighted by molar-refractivity contribution is -0.136. The number of benzene rings is 2. The Bertz CT molecular complexity index is 2190. The number of aromatic amines is 1. The summed E-state index contributed by atoms with van der Waals surface area (Å²) in [5.41, 5.74) is 6.46. The fourth-order valence-electron chi connectivity index (χ4n) is 10.1. The molecule has 5 aliphatic rings. The van der Waals surface area contributed by atoms with Crippen molar-refractivity contribution >= 4 is 46.0 Å². The van der Waals surface area contributed by atoms with Gasteiger partial charge in [0.15, 0.2) is 0 Å². The molecule has 13 nitrogen and oxygen atoms in total. The first-order valence-electron chi connectivity index (χ1n) is 20.2. The van der Waals surface area contributed by atoms with Crippen LogP contribution in [0.2, 0.25) is 0 Å². The minimum absolute atomic E-state index is 0.0906. The average molecular weight is 758 g/mol. The molecule has 0 spiro atoms. The molecule has 5 N–H and O–H groups in total. The van der Waals surface area contributed by atoms with Crippen LogP contribution in [0, 0.1) is 5.92 Å². The Morgan fingerprint density at radius 3 is 2.66 bits per heavy atom. The molecule has 5 aliphatic heterocycles. The summed E-state index contributed by atoms with van der Waals surface area (Å²) in [6.45, 7) is 7.29. The summed E-state index contributed by atoms with van der Waals surface area (Å²) in [6.07, 6.45) is 7.72. The van der Waals surface area contributed by atoms with Gasteiger partial charge in [-0.05, 0) is 119 Å². The van der Waals surface area contributed by atoms with Gasteiger partial charge in [0.1, 0.15) is 11.9 Å². The van der Waals surface area contributed by atoms with E-state index in [0.29, 0.717) is 41.9 Å². The van der Waals surface area contributed by atoms with Crippen LogP contribution in [0.25, 0.3) is 10.9 Å². The lowest BCUT2D eigenvalue weighted by Crippen LogP contribution is -2.61. The van der Waals surface area contributed by atoms with Crippen molar-refractivity contribution in [1.29, 1.82) is 0 Å². The van der Waals surface area contributed by atoms with Crippen LogP contribution in [0.3, 0.4) is 0 Å². The first-order valence-corrected chi connectivity index (χ1v) is 20.2. The number of hydrogen-bond acceptors (Lipinski definition) is 9. The predicted octanol–water partition coefficient (Wildman–Crippen LogP) is 4.64. The normalized spacial score (nSPS) is 27.1. The van der Waals surface area contributed by atoms with E-state index in [2.05, 4.69) is 79.3 Å². The van der Waals surface area contributed by atoms with Gasteiger partial charge in [-0.2, -0.15) is 0 Å². The standard InChI is InChI=1S/C43H51N9O4/c1-43(22-26-14-15-45-34(19-26)30-5-3-6-31-32(30)24-51(42(31)56)37-12-13-39(53)49-41(37)55)25-44-16-18-52(43)29-10-8-27(9-11-29)40(54)48-38-21-33-28(23-46-38)20-35(47-33)36-7-4-17-50(36)2/h3,5-6,8-11,20-21,23,26,34,36-37,44-45,47H,4,7,12-19,22,24-25H2,1-2H3,(H,46,48,54)(H,49,53,55)/t26?,34?,36-,37+,43-/m1/s1. The van der Waals surface area contributed by atoms with Crippen LogP contribution in [-0.4, -0.2) is 94.7 Å². The number of anilines is 2. The van der Waals surface area contributed by atoms with Gasteiger partial charge >= 0.3 is 0 Å². The fourth-order valence-corrected chi connectivity index (χ4v) is 10.1. The van der Waals surface area contributed by atoms with Gasteiger partial charge in [0.05, 0.1) is 11.1 Å². The smallest absolute Gasteiger partial charge is 0.256 e. The minimum Gasteiger partial charge on any atom is -0.364 e. The molecule has 0 saturated carbocycles. The molecule has 4 amide bonds. The van der Waals surface area contributed by atoms with Crippen LogP contribution in [-0.2, 0) is 16.1 Å². The molecule has 7 heterocycles. The highest BCUT2D eigenvalue weighted by Crippen LogP contribution is 2.40. The van der Waals surface area contributed by atoms with Crippen molar-refractivity contribution < 1.29 is 19.2 Å². The van der Waals surface area contributed by atoms with Gasteiger partial charge in [-0.1, -0.05) is 12.1 Å². The number of fused-ring (bicyclic) bond motifs is 2. The molecule has 4 fully saturated rings. The van der Waals surface area contributed by atoms with Gasteiger partial charge in [-0.25, -0.2) is 4.98 Å². The molecule has 0 radical (unpaired) electrons. The van der Waals surface area contributed by atoms with E-state index < -0.39 is 6.04 Å². The van der Waals surface area contributed by atoms with Gasteiger partial charge in [0.2, 0.25) is 11.8 Å². The summed E-state index contributed by atoms with van der Waals surface area (Å²) >= 11 is 0. The van der Waals surface area contributed by atoms with Crippen molar-refractivity contribution in [1.82, 2.24) is 35.7 Å². The number of likely N-dealkylation sites (tertiary alicyclic amines) is 1. The van der Waals surface area contributed by atoms with Gasteiger partial charge in [0, 0.05) is 84.8 Å². The number of nitrogens with zero attached hydrogens (tertiary/aromatic N) is 4. The Morgan fingerprint density at radius 1 is 1.00 bits per heavy atom. The largest absolute Gasteiger partial charge is 0.364 e. The number of rotatable bonds is 8. The van der Waals surface area contributed by atoms with Crippen LogP contribution in [0.4, 0.5) is 11.5 Å². The molecule has 292 valence electrons. The van der Waals surface area contributed by atoms with Gasteiger partial charge in [-0.15, -0.1) is 0 Å². The van der Waals surface area contributed by atoms with Crippen LogP contribution in [0.5, 0.6) is 0 Å². The van der Waals surface area contributed by atoms with Crippen molar-refractivity contribution in [2.45, 2.75) is 82.1 Å². The monoisotopic (exact) mass is 757 g/mol. The Balaban J connectivity index is 0.861. The number of nitrogens with one attached hydrogen (secondary N) is 5. The lowest BCUT2D eigenvalue weighted by Gasteiger charge is -2.49. The summed E-state index contributed by atoms with van der Waals surface area (Å²) < 4.78 is 0. The number of piperazine rings is 1. The van der Waals surface area contributed by atoms with Crippen molar-refractivity contribution in [3.05, 3.63) is 88.7 Å². The second kappa shape index (κ2) is 14.8. The van der Waals surface area contributed by atoms with E-state index in [4.69, 9.17) is 0 Å². The Morgan fingerprint density at radius 2 is 1.86 bits per heavy atom. The zero-order valence-corrected chi connectivity index (χ0v) is 32.2. The Kier molecular flexibility index (Phi) is 9.63. The molecule has 0 bridgehead atoms. The van der Waals surface area contributed by atoms with Crippen LogP contribution >= 0.6 is 0 Å². The highest BCUT2D eigenvalue weighted by atomic mass is 16.2. The molecular formula is C43H51N9O4. The molecule has 13 heteroatoms. The molecule has 9 rings (SSSR count). The number of amides is 4. The van der Waals surface area contributed by atoms with E-state index >= 15 is 0 Å². The maximum absolute atomic E-state index is 13.5. The zero-order chi connectivity index (χ0) is 38.6. The number of carbonyl (C=O) groups is 4. The maximum Gasteiger partial charge on any atom is 0.256 e. The van der Waals surface area contributed by atoms with E-state index in [1.54, 1.807) is 4.90 Å². The predicted molar refractivity (Wildman–Crippen MR) is 214 cm³/mol. The van der Waals surface area contributed by atoms with E-state index in [9.17, 15) is 19.2 Å². The van der Waals surface area contributed by atoms with Crippen LogP contribution in [0.1, 0.15) is 101 Å². The molecule has 2 aromatic carbocycles. The summed E-state index contributed by atoms with van der Waals surface area (Å²) in [6, 6.07) is 17.8. The molecular weight excluding hydrogens is 707 g/mol. The molecule has 4 aromatic rings. The molecule has 0 aliphatic carbocycles. The van der Waals surface area contributed by atoms with Gasteiger partial charge < -0.3 is 30.7 Å². The summed E-state index contributed by atoms with van der Waals surface area (Å²) in [5.74, 6) is -0.0377. The van der Waals surface area contributed by atoms with Crippen molar-refractivity contribution in [3.8, 4) is 0 Å². The number of pyridine rings is 1. The van der Waals surface area contributed by atoms with Crippen molar-refractivity contribution in [2.75, 3.05) is 50.0 Å². The van der Waals surface area contributed by atoms with E-state index in [1.807, 2.05) is 36.5 Å². The Labute approximate surface area is 327 Å². The minimum atomic E-state index is -0.630. The van der Waals surface area contributed by atoms with Crippen molar-refractivity contribution in [2.24, 2.45) is 5.92 Å². The second-order valence-electron chi connectivity index (χ2n) is 16.7. The average Bonchev–Trinajstić information content (AvgIpc) is 3.91. The fraction of sp³-hybridized carbons (Fsp3) is 0.465. The summed E-state index contributed by atoms with van der Waals surface area (Å²) in [5, 5.41) is 13.8. The number of carbonyl (C=O) groups excluding carboxylic acids is 4. The topological polar surface area (TPSA) is 155 Å². The number of piperidine rings is 2.